The van der Waals surface area contributed by atoms with Gasteiger partial charge in [-0.1, -0.05) is 0 Å². The number of nitrogens with two attached hydrogens (primary N) is 1. The molecule has 8 nitrogen and oxygen atoms in total. The average Bonchev–Trinajstić information content (AvgIpc) is 2.63. The van der Waals surface area contributed by atoms with Crippen molar-refractivity contribution in [1.82, 2.24) is 9.97 Å². The van der Waals surface area contributed by atoms with Crippen molar-refractivity contribution >= 4 is 39.3 Å². The largest absolute Gasteiger partial charge is 0.573 e. The van der Waals surface area contributed by atoms with Crippen LogP contribution in [0.2, 0.25) is 0 Å². The number of amides is 1. The van der Waals surface area contributed by atoms with Crippen molar-refractivity contribution in [2.24, 2.45) is 5.73 Å². The maximum absolute atomic E-state index is 12.3. The Morgan fingerprint density at radius 1 is 1.28 bits per heavy atom. The van der Waals surface area contributed by atoms with Crippen LogP contribution in [-0.4, -0.2) is 41.6 Å². The minimum absolute atomic E-state index is 0.320. The van der Waals surface area contributed by atoms with Gasteiger partial charge in [-0.25, -0.2) is 14.8 Å². The Labute approximate surface area is 172 Å². The van der Waals surface area contributed by atoms with Crippen LogP contribution in [0.5, 0.6) is 5.75 Å². The second-order valence-electron chi connectivity index (χ2n) is 6.20. The summed E-state index contributed by atoms with van der Waals surface area (Å²) in [5, 5.41) is 3.02. The van der Waals surface area contributed by atoms with Gasteiger partial charge in [-0.2, -0.15) is 0 Å². The van der Waals surface area contributed by atoms with Crippen LogP contribution in [0, 0.1) is 0 Å². The Bertz CT molecular complexity index is 866. The van der Waals surface area contributed by atoms with E-state index in [1.165, 1.54) is 30.6 Å². The average molecular weight is 476 g/mol. The van der Waals surface area contributed by atoms with E-state index in [0.717, 1.165) is 6.42 Å². The van der Waals surface area contributed by atoms with Gasteiger partial charge in [0.05, 0.1) is 6.54 Å². The fourth-order valence-electron chi connectivity index (χ4n) is 2.94. The van der Waals surface area contributed by atoms with Crippen LogP contribution in [0.3, 0.4) is 0 Å². The highest BCUT2D eigenvalue weighted by molar-refractivity contribution is 9.10. The number of ether oxygens (including phenoxy) is 2. The molecule has 2 heterocycles. The van der Waals surface area contributed by atoms with Gasteiger partial charge in [-0.15, -0.1) is 13.2 Å². The van der Waals surface area contributed by atoms with E-state index in [2.05, 4.69) is 36.0 Å². The monoisotopic (exact) mass is 475 g/mol. The second-order valence-corrected chi connectivity index (χ2v) is 7.00. The Balaban J connectivity index is 1.72. The standard InChI is InChI=1S/C17H17BrF3N5O3/c18-13-14(25-10-3-5-11(6-4-10)29-17(19,20)21)23-9-24-15(13)26-7-1-2-12(8-26)28-16(22)27/h3-6,9,12H,1-2,7-8H2,(H2,22,27)(H,23,24,25). The zero-order valence-electron chi connectivity index (χ0n) is 14.9. The van der Waals surface area contributed by atoms with Crippen LogP contribution >= 0.6 is 15.9 Å². The summed E-state index contributed by atoms with van der Waals surface area (Å²) < 4.78 is 46.3. The molecule has 1 aliphatic rings. The first-order chi connectivity index (χ1) is 13.7. The lowest BCUT2D eigenvalue weighted by Gasteiger charge is -2.33. The Kier molecular flexibility index (Phi) is 6.30. The summed E-state index contributed by atoms with van der Waals surface area (Å²) in [7, 11) is 0. The molecule has 0 spiro atoms. The third-order valence-electron chi connectivity index (χ3n) is 4.08. The Hall–Kier alpha value is -2.76. The zero-order chi connectivity index (χ0) is 21.0. The summed E-state index contributed by atoms with van der Waals surface area (Å²) in [6.07, 6.45) is -3.04. The molecule has 2 aromatic rings. The number of rotatable bonds is 5. The topological polar surface area (TPSA) is 103 Å². The van der Waals surface area contributed by atoms with Gasteiger partial charge in [0.2, 0.25) is 0 Å². The number of benzene rings is 1. The molecule has 0 saturated carbocycles. The van der Waals surface area contributed by atoms with E-state index >= 15 is 0 Å². The first-order valence-electron chi connectivity index (χ1n) is 8.55. The van der Waals surface area contributed by atoms with E-state index in [1.807, 2.05) is 4.90 Å². The summed E-state index contributed by atoms with van der Waals surface area (Å²) in [4.78, 5) is 21.4. The second kappa shape index (κ2) is 8.72. The predicted octanol–water partition coefficient (Wildman–Crippen LogP) is 3.95. The molecule has 1 unspecified atom stereocenters. The van der Waals surface area contributed by atoms with E-state index < -0.39 is 12.5 Å². The van der Waals surface area contributed by atoms with E-state index in [9.17, 15) is 18.0 Å². The summed E-state index contributed by atoms with van der Waals surface area (Å²) in [5.41, 5.74) is 5.61. The quantitative estimate of drug-likeness (QED) is 0.674. The number of aromatic nitrogens is 2. The molecule has 1 saturated heterocycles. The maximum atomic E-state index is 12.3. The molecular formula is C17H17BrF3N5O3. The first kappa shape index (κ1) is 21.0. The molecule has 1 aliphatic heterocycles. The lowest BCUT2D eigenvalue weighted by Crippen LogP contribution is -2.42. The van der Waals surface area contributed by atoms with Crippen molar-refractivity contribution in [2.75, 3.05) is 23.3 Å². The van der Waals surface area contributed by atoms with Crippen LogP contribution < -0.4 is 20.7 Å². The van der Waals surface area contributed by atoms with Gasteiger partial charge in [0, 0.05) is 12.2 Å². The highest BCUT2D eigenvalue weighted by Crippen LogP contribution is 2.33. The molecule has 1 aromatic carbocycles. The molecule has 1 aromatic heterocycles. The SMILES string of the molecule is NC(=O)OC1CCCN(c2ncnc(Nc3ccc(OC(F)(F)F)cc3)c2Br)C1. The lowest BCUT2D eigenvalue weighted by molar-refractivity contribution is -0.274. The molecular weight excluding hydrogens is 459 g/mol. The van der Waals surface area contributed by atoms with E-state index in [-0.39, 0.29) is 11.9 Å². The summed E-state index contributed by atoms with van der Waals surface area (Å²) in [6.45, 7) is 1.14. The predicted molar refractivity (Wildman–Crippen MR) is 102 cm³/mol. The number of hydrogen-bond donors (Lipinski definition) is 2. The number of alkyl halides is 3. The van der Waals surface area contributed by atoms with Gasteiger partial charge >= 0.3 is 12.5 Å². The fraction of sp³-hybridized carbons (Fsp3) is 0.353. The summed E-state index contributed by atoms with van der Waals surface area (Å²) in [6, 6.07) is 5.27. The minimum Gasteiger partial charge on any atom is -0.445 e. The third kappa shape index (κ3) is 5.86. The number of carbonyl (C=O) groups excluding carboxylic acids is 1. The minimum atomic E-state index is -4.75. The lowest BCUT2D eigenvalue weighted by atomic mass is 10.1. The number of nitrogens with one attached hydrogen (secondary N) is 1. The molecule has 29 heavy (non-hydrogen) atoms. The number of carbonyl (C=O) groups is 1. The van der Waals surface area contributed by atoms with Gasteiger partial charge in [0.1, 0.15) is 34.3 Å². The number of halogens is 4. The van der Waals surface area contributed by atoms with Crippen molar-refractivity contribution in [3.8, 4) is 5.75 Å². The van der Waals surface area contributed by atoms with E-state index in [1.54, 1.807) is 0 Å². The molecule has 0 bridgehead atoms. The molecule has 1 amide bonds. The normalized spacial score (nSPS) is 17.0. The highest BCUT2D eigenvalue weighted by Gasteiger charge is 2.31. The fourth-order valence-corrected chi connectivity index (χ4v) is 3.49. The molecule has 3 N–H and O–H groups in total. The number of primary amides is 1. The van der Waals surface area contributed by atoms with Crippen molar-refractivity contribution in [3.63, 3.8) is 0 Å². The van der Waals surface area contributed by atoms with Crippen LogP contribution in [0.1, 0.15) is 12.8 Å². The van der Waals surface area contributed by atoms with Crippen LogP contribution in [-0.2, 0) is 4.74 Å². The number of nitrogens with zero attached hydrogens (tertiary/aromatic N) is 3. The third-order valence-corrected chi connectivity index (χ3v) is 4.81. The molecule has 12 heteroatoms. The number of piperidine rings is 1. The van der Waals surface area contributed by atoms with Gasteiger partial charge in [-0.3, -0.25) is 0 Å². The van der Waals surface area contributed by atoms with E-state index in [0.29, 0.717) is 41.3 Å². The maximum Gasteiger partial charge on any atom is 0.573 e. The molecule has 1 atom stereocenters. The van der Waals surface area contributed by atoms with Crippen LogP contribution in [0.15, 0.2) is 35.1 Å². The van der Waals surface area contributed by atoms with Gasteiger partial charge in [0.25, 0.3) is 0 Å². The molecule has 0 radical (unpaired) electrons. The molecule has 0 aliphatic carbocycles. The van der Waals surface area contributed by atoms with Crippen LogP contribution in [0.25, 0.3) is 0 Å². The van der Waals surface area contributed by atoms with Crippen molar-refractivity contribution in [2.45, 2.75) is 25.3 Å². The summed E-state index contributed by atoms with van der Waals surface area (Å²) in [5.74, 6) is 0.703. The Morgan fingerprint density at radius 3 is 2.66 bits per heavy atom. The highest BCUT2D eigenvalue weighted by atomic mass is 79.9. The van der Waals surface area contributed by atoms with E-state index in [4.69, 9.17) is 10.5 Å². The Morgan fingerprint density at radius 2 is 2.00 bits per heavy atom. The zero-order valence-corrected chi connectivity index (χ0v) is 16.5. The smallest absolute Gasteiger partial charge is 0.445 e. The van der Waals surface area contributed by atoms with Crippen LogP contribution in [0.4, 0.5) is 35.3 Å². The number of hydrogen-bond acceptors (Lipinski definition) is 7. The molecule has 1 fully saturated rings. The van der Waals surface area contributed by atoms with Crippen molar-refractivity contribution < 1.29 is 27.4 Å². The molecule has 156 valence electrons. The molecule has 3 rings (SSSR count). The first-order valence-corrected chi connectivity index (χ1v) is 9.35. The van der Waals surface area contributed by atoms with Gasteiger partial charge in [-0.05, 0) is 53.0 Å². The van der Waals surface area contributed by atoms with Crippen molar-refractivity contribution in [1.29, 1.82) is 0 Å². The van der Waals surface area contributed by atoms with Gasteiger partial charge < -0.3 is 25.4 Å². The number of anilines is 3. The van der Waals surface area contributed by atoms with Crippen molar-refractivity contribution in [3.05, 3.63) is 35.1 Å². The summed E-state index contributed by atoms with van der Waals surface area (Å²) >= 11 is 3.46. The van der Waals surface area contributed by atoms with Gasteiger partial charge in [0.15, 0.2) is 0 Å².